The monoisotopic (exact) mass is 307 g/mol. The molecule has 5 nitrogen and oxygen atoms in total. The topological polar surface area (TPSA) is 88.2 Å². The minimum Gasteiger partial charge on any atom is -0.397 e. The van der Waals surface area contributed by atoms with Crippen molar-refractivity contribution in [2.45, 2.75) is 27.2 Å². The predicted molar refractivity (Wildman–Crippen MR) is 86.7 cm³/mol. The summed E-state index contributed by atoms with van der Waals surface area (Å²) >= 11 is 1.33. The van der Waals surface area contributed by atoms with E-state index in [1.54, 1.807) is 0 Å². The summed E-state index contributed by atoms with van der Waals surface area (Å²) in [6, 6.07) is 1.97. The van der Waals surface area contributed by atoms with Crippen molar-refractivity contribution >= 4 is 33.1 Å². The zero-order valence-corrected chi connectivity index (χ0v) is 13.4. The van der Waals surface area contributed by atoms with Crippen LogP contribution in [0.2, 0.25) is 0 Å². The third-order valence-electron chi connectivity index (χ3n) is 3.46. The molecule has 1 unspecified atom stereocenters. The van der Waals surface area contributed by atoms with Crippen LogP contribution in [0.1, 0.15) is 34.3 Å². The number of carbonyl (C=O) groups excluding carboxylic acids is 1. The summed E-state index contributed by atoms with van der Waals surface area (Å²) in [5, 5.41) is 12.6. The fourth-order valence-electron chi connectivity index (χ4n) is 2.31. The van der Waals surface area contributed by atoms with E-state index in [9.17, 15) is 4.79 Å². The molecule has 0 radical (unpaired) electrons. The van der Waals surface area contributed by atoms with E-state index in [1.165, 1.54) is 11.3 Å². The summed E-state index contributed by atoms with van der Waals surface area (Å²) in [7, 11) is 0. The van der Waals surface area contributed by atoms with Crippen molar-refractivity contribution in [3.63, 3.8) is 0 Å². The minimum atomic E-state index is -0.169. The van der Waals surface area contributed by atoms with E-state index in [1.807, 2.05) is 26.8 Å². The highest BCUT2D eigenvalue weighted by atomic mass is 32.1. The number of fused-ring (bicyclic) bond motifs is 1. The molecule has 0 fully saturated rings. The van der Waals surface area contributed by atoms with E-state index in [2.05, 4.69) is 10.3 Å². The molecule has 4 N–H and O–H groups in total. The number of thiophene rings is 1. The summed E-state index contributed by atoms with van der Waals surface area (Å²) in [4.78, 5) is 18.0. The molecule has 2 heterocycles. The smallest absolute Gasteiger partial charge is 0.263 e. The summed E-state index contributed by atoms with van der Waals surface area (Å²) in [5.74, 6) is 0.0639. The lowest BCUT2D eigenvalue weighted by Crippen LogP contribution is -2.28. The average molecular weight is 307 g/mol. The average Bonchev–Trinajstić information content (AvgIpc) is 2.73. The van der Waals surface area contributed by atoms with Crippen molar-refractivity contribution in [3.05, 3.63) is 22.2 Å². The molecular formula is C15H21N3O2S. The number of nitrogen functional groups attached to an aromatic ring is 1. The van der Waals surface area contributed by atoms with Crippen LogP contribution in [-0.2, 0) is 0 Å². The van der Waals surface area contributed by atoms with Crippen LogP contribution in [0.4, 0.5) is 5.69 Å². The lowest BCUT2D eigenvalue weighted by molar-refractivity contribution is 0.0950. The highest BCUT2D eigenvalue weighted by Gasteiger charge is 2.19. The van der Waals surface area contributed by atoms with Crippen molar-refractivity contribution in [3.8, 4) is 0 Å². The van der Waals surface area contributed by atoms with Gasteiger partial charge < -0.3 is 16.2 Å². The van der Waals surface area contributed by atoms with E-state index in [0.717, 1.165) is 21.5 Å². The molecule has 2 aromatic rings. The molecule has 0 bridgehead atoms. The molecule has 6 heteroatoms. The summed E-state index contributed by atoms with van der Waals surface area (Å²) in [6.45, 7) is 6.55. The Labute approximate surface area is 128 Å². The van der Waals surface area contributed by atoms with E-state index >= 15 is 0 Å². The van der Waals surface area contributed by atoms with E-state index < -0.39 is 0 Å². The SMILES string of the molecule is Cc1cc(C)c2c(N)c(C(=O)NCC(C)CCO)sc2n1. The number of nitrogens with zero attached hydrogens (tertiary/aromatic N) is 1. The van der Waals surface area contributed by atoms with Gasteiger partial charge in [-0.25, -0.2) is 4.98 Å². The van der Waals surface area contributed by atoms with Crippen LogP contribution in [0.15, 0.2) is 6.07 Å². The minimum absolute atomic E-state index is 0.129. The first-order chi connectivity index (χ1) is 9.93. The number of anilines is 1. The quantitative estimate of drug-likeness (QED) is 0.790. The molecular weight excluding hydrogens is 286 g/mol. The number of pyridine rings is 1. The molecule has 21 heavy (non-hydrogen) atoms. The van der Waals surface area contributed by atoms with Gasteiger partial charge in [-0.3, -0.25) is 4.79 Å². The third kappa shape index (κ3) is 3.33. The second-order valence-corrected chi connectivity index (χ2v) is 6.43. The molecule has 114 valence electrons. The van der Waals surface area contributed by atoms with Crippen molar-refractivity contribution in [2.75, 3.05) is 18.9 Å². The number of nitrogens with two attached hydrogens (primary N) is 1. The van der Waals surface area contributed by atoms with E-state index in [4.69, 9.17) is 10.8 Å². The number of nitrogens with one attached hydrogen (secondary N) is 1. The first-order valence-electron chi connectivity index (χ1n) is 6.99. The molecule has 0 aromatic carbocycles. The number of hydrogen-bond acceptors (Lipinski definition) is 5. The maximum Gasteiger partial charge on any atom is 0.263 e. The van der Waals surface area contributed by atoms with Crippen LogP contribution in [0.5, 0.6) is 0 Å². The number of aliphatic hydroxyl groups excluding tert-OH is 1. The molecule has 1 amide bonds. The van der Waals surface area contributed by atoms with Crippen molar-refractivity contribution in [1.29, 1.82) is 0 Å². The van der Waals surface area contributed by atoms with Gasteiger partial charge in [0, 0.05) is 24.2 Å². The Balaban J connectivity index is 2.24. The molecule has 0 aliphatic rings. The van der Waals surface area contributed by atoms with Gasteiger partial charge in [-0.15, -0.1) is 11.3 Å². The van der Waals surface area contributed by atoms with Crippen LogP contribution in [0, 0.1) is 19.8 Å². The standard InChI is InChI=1S/C15H21N3O2S/c1-8(4-5-19)7-17-14(20)13-12(16)11-9(2)6-10(3)18-15(11)21-13/h6,8,19H,4-5,7,16H2,1-3H3,(H,17,20). The molecule has 0 spiro atoms. The van der Waals surface area contributed by atoms with Gasteiger partial charge in [-0.05, 0) is 37.8 Å². The van der Waals surface area contributed by atoms with Crippen molar-refractivity contribution in [2.24, 2.45) is 5.92 Å². The Bertz CT molecular complexity index is 666. The number of hydrogen-bond donors (Lipinski definition) is 3. The second kappa shape index (κ2) is 6.41. The van der Waals surface area contributed by atoms with Crippen molar-refractivity contribution < 1.29 is 9.90 Å². The third-order valence-corrected chi connectivity index (χ3v) is 4.56. The molecule has 1 atom stereocenters. The van der Waals surface area contributed by atoms with Gasteiger partial charge in [0.1, 0.15) is 9.71 Å². The maximum absolute atomic E-state index is 12.3. The van der Waals surface area contributed by atoms with Crippen LogP contribution < -0.4 is 11.1 Å². The van der Waals surface area contributed by atoms with Crippen LogP contribution in [0.25, 0.3) is 10.2 Å². The normalized spacial score (nSPS) is 12.6. The lowest BCUT2D eigenvalue weighted by atomic mass is 10.1. The first kappa shape index (κ1) is 15.7. The largest absolute Gasteiger partial charge is 0.397 e. The number of rotatable bonds is 5. The van der Waals surface area contributed by atoms with Crippen LogP contribution in [0.3, 0.4) is 0 Å². The van der Waals surface area contributed by atoms with Gasteiger partial charge >= 0.3 is 0 Å². The molecule has 0 aliphatic carbocycles. The fourth-order valence-corrected chi connectivity index (χ4v) is 3.44. The second-order valence-electron chi connectivity index (χ2n) is 5.43. The highest BCUT2D eigenvalue weighted by Crippen LogP contribution is 2.34. The van der Waals surface area contributed by atoms with Gasteiger partial charge in [0.25, 0.3) is 5.91 Å². The Morgan fingerprint density at radius 1 is 1.52 bits per heavy atom. The van der Waals surface area contributed by atoms with Gasteiger partial charge in [0.05, 0.1) is 5.69 Å². The Morgan fingerprint density at radius 3 is 2.90 bits per heavy atom. The van der Waals surface area contributed by atoms with Gasteiger partial charge in [0.2, 0.25) is 0 Å². The number of aromatic nitrogens is 1. The zero-order valence-electron chi connectivity index (χ0n) is 12.6. The molecule has 0 aliphatic heterocycles. The number of carbonyl (C=O) groups is 1. The number of aliphatic hydroxyl groups is 1. The molecule has 0 saturated heterocycles. The molecule has 2 rings (SSSR count). The lowest BCUT2D eigenvalue weighted by Gasteiger charge is -2.10. The fraction of sp³-hybridized carbons (Fsp3) is 0.467. The first-order valence-corrected chi connectivity index (χ1v) is 7.81. The Kier molecular flexibility index (Phi) is 4.80. The van der Waals surface area contributed by atoms with Gasteiger partial charge in [-0.1, -0.05) is 6.92 Å². The van der Waals surface area contributed by atoms with Crippen LogP contribution >= 0.6 is 11.3 Å². The van der Waals surface area contributed by atoms with Crippen LogP contribution in [-0.4, -0.2) is 29.1 Å². The van der Waals surface area contributed by atoms with E-state index in [-0.39, 0.29) is 18.4 Å². The predicted octanol–water partition coefficient (Wildman–Crippen LogP) is 2.24. The van der Waals surface area contributed by atoms with Gasteiger partial charge in [0.15, 0.2) is 0 Å². The number of aryl methyl sites for hydroxylation is 2. The Hall–Kier alpha value is -1.66. The number of amides is 1. The van der Waals surface area contributed by atoms with Gasteiger partial charge in [-0.2, -0.15) is 0 Å². The summed E-state index contributed by atoms with van der Waals surface area (Å²) < 4.78 is 0. The molecule has 0 saturated carbocycles. The summed E-state index contributed by atoms with van der Waals surface area (Å²) in [6.07, 6.45) is 0.669. The van der Waals surface area contributed by atoms with Crippen molar-refractivity contribution in [1.82, 2.24) is 10.3 Å². The molecule has 2 aromatic heterocycles. The maximum atomic E-state index is 12.3. The highest BCUT2D eigenvalue weighted by molar-refractivity contribution is 7.21. The van der Waals surface area contributed by atoms with E-state index in [0.29, 0.717) is 23.5 Å². The summed E-state index contributed by atoms with van der Waals surface area (Å²) in [5.41, 5.74) is 8.59. The Morgan fingerprint density at radius 2 is 2.24 bits per heavy atom. The zero-order chi connectivity index (χ0) is 15.6.